The van der Waals surface area contributed by atoms with Crippen molar-refractivity contribution in [2.24, 2.45) is 7.05 Å². The van der Waals surface area contributed by atoms with Crippen LogP contribution in [0.3, 0.4) is 0 Å². The molecular weight excluding hydrogens is 254 g/mol. The monoisotopic (exact) mass is 277 g/mol. The summed E-state index contributed by atoms with van der Waals surface area (Å²) in [6.45, 7) is 5.31. The van der Waals surface area contributed by atoms with Gasteiger partial charge in [-0.15, -0.1) is 0 Å². The lowest BCUT2D eigenvalue weighted by Crippen LogP contribution is -2.18. The average Bonchev–Trinajstić information content (AvgIpc) is 2.99. The molecule has 6 nitrogen and oxygen atoms in total. The summed E-state index contributed by atoms with van der Waals surface area (Å²) in [4.78, 5) is 4.33. The number of nitrogens with one attached hydrogen (secondary N) is 1. The quantitative estimate of drug-likeness (QED) is 0.729. The van der Waals surface area contributed by atoms with Crippen molar-refractivity contribution in [1.29, 1.82) is 0 Å². The van der Waals surface area contributed by atoms with Gasteiger partial charge in [0.15, 0.2) is 0 Å². The number of hydrogen-bond donors (Lipinski definition) is 1. The Morgan fingerprint density at radius 3 is 2.95 bits per heavy atom. The molecule has 2 aromatic rings. The van der Waals surface area contributed by atoms with Gasteiger partial charge in [-0.1, -0.05) is 0 Å². The topological polar surface area (TPSA) is 56.9 Å². The van der Waals surface area contributed by atoms with Crippen LogP contribution in [0.25, 0.3) is 0 Å². The highest BCUT2D eigenvalue weighted by molar-refractivity contribution is 5.15. The molecule has 20 heavy (non-hydrogen) atoms. The van der Waals surface area contributed by atoms with Crippen LogP contribution < -0.4 is 5.32 Å². The maximum atomic E-state index is 5.01. The molecule has 0 aliphatic carbocycles. The highest BCUT2D eigenvalue weighted by Gasteiger charge is 2.06. The van der Waals surface area contributed by atoms with E-state index in [1.807, 2.05) is 35.6 Å². The van der Waals surface area contributed by atoms with Crippen LogP contribution in [0.1, 0.15) is 17.1 Å². The Morgan fingerprint density at radius 1 is 1.40 bits per heavy atom. The van der Waals surface area contributed by atoms with Crippen molar-refractivity contribution in [3.8, 4) is 0 Å². The highest BCUT2D eigenvalue weighted by Crippen LogP contribution is 2.06. The number of imidazole rings is 1. The summed E-state index contributed by atoms with van der Waals surface area (Å²) in [7, 11) is 3.73. The summed E-state index contributed by atoms with van der Waals surface area (Å²) < 4.78 is 9.06. The molecule has 2 aromatic heterocycles. The minimum absolute atomic E-state index is 0.729. The Kier molecular flexibility index (Phi) is 5.31. The fraction of sp³-hybridized carbons (Fsp3) is 0.571. The van der Waals surface area contributed by atoms with E-state index < -0.39 is 0 Å². The summed E-state index contributed by atoms with van der Waals surface area (Å²) in [6, 6.07) is 0. The number of hydrogen-bond acceptors (Lipinski definition) is 4. The Balaban J connectivity index is 1.85. The molecular formula is C14H23N5O. The SMILES string of the molecule is COCCNCc1cn(CCc2nccn2C)nc1C. The van der Waals surface area contributed by atoms with Gasteiger partial charge in [0.25, 0.3) is 0 Å². The third kappa shape index (κ3) is 3.91. The van der Waals surface area contributed by atoms with Crippen LogP contribution in [0.15, 0.2) is 18.6 Å². The maximum Gasteiger partial charge on any atom is 0.110 e. The Labute approximate surface area is 119 Å². The van der Waals surface area contributed by atoms with Crippen LogP contribution in [-0.4, -0.2) is 39.6 Å². The van der Waals surface area contributed by atoms with Gasteiger partial charge in [-0.3, -0.25) is 4.68 Å². The molecule has 0 saturated carbocycles. The van der Waals surface area contributed by atoms with Crippen LogP contribution in [0, 0.1) is 6.92 Å². The van der Waals surface area contributed by atoms with E-state index in [4.69, 9.17) is 4.74 Å². The molecule has 0 atom stereocenters. The lowest BCUT2D eigenvalue weighted by Gasteiger charge is -2.03. The molecule has 0 saturated heterocycles. The highest BCUT2D eigenvalue weighted by atomic mass is 16.5. The first kappa shape index (κ1) is 14.7. The fourth-order valence-corrected chi connectivity index (χ4v) is 2.10. The largest absolute Gasteiger partial charge is 0.383 e. The number of rotatable bonds is 8. The predicted octanol–water partition coefficient (Wildman–Crippen LogP) is 0.904. The first-order chi connectivity index (χ1) is 9.70. The predicted molar refractivity (Wildman–Crippen MR) is 77.5 cm³/mol. The standard InChI is InChI=1S/C14H23N5O/c1-12-13(10-15-6-9-20-3)11-19(17-12)7-4-14-16-5-8-18(14)2/h5,8,11,15H,4,6-7,9-10H2,1-3H3. The number of methoxy groups -OCH3 is 1. The third-order valence-corrected chi connectivity index (χ3v) is 3.33. The van der Waals surface area contributed by atoms with E-state index in [1.165, 1.54) is 5.56 Å². The Hall–Kier alpha value is -1.66. The first-order valence-electron chi connectivity index (χ1n) is 6.89. The molecule has 0 radical (unpaired) electrons. The summed E-state index contributed by atoms with van der Waals surface area (Å²) >= 11 is 0. The molecule has 110 valence electrons. The molecule has 0 aliphatic heterocycles. The van der Waals surface area contributed by atoms with Crippen molar-refractivity contribution in [2.75, 3.05) is 20.3 Å². The normalized spacial score (nSPS) is 11.2. The molecule has 2 rings (SSSR count). The zero-order valence-electron chi connectivity index (χ0n) is 12.5. The molecule has 0 aromatic carbocycles. The van der Waals surface area contributed by atoms with Gasteiger partial charge < -0.3 is 14.6 Å². The first-order valence-corrected chi connectivity index (χ1v) is 6.89. The summed E-state index contributed by atoms with van der Waals surface area (Å²) in [5.74, 6) is 1.08. The molecule has 0 unspecified atom stereocenters. The fourth-order valence-electron chi connectivity index (χ4n) is 2.10. The van der Waals surface area contributed by atoms with Gasteiger partial charge in [-0.2, -0.15) is 5.10 Å². The van der Waals surface area contributed by atoms with Gasteiger partial charge in [0.1, 0.15) is 5.82 Å². The van der Waals surface area contributed by atoms with Crippen LogP contribution in [0.2, 0.25) is 0 Å². The molecule has 1 N–H and O–H groups in total. The summed E-state index contributed by atoms with van der Waals surface area (Å²) in [5.41, 5.74) is 2.32. The van der Waals surface area contributed by atoms with E-state index in [9.17, 15) is 0 Å². The van der Waals surface area contributed by atoms with Crippen molar-refractivity contribution in [3.05, 3.63) is 35.7 Å². The molecule has 0 spiro atoms. The molecule has 0 bridgehead atoms. The molecule has 0 aliphatic rings. The van der Waals surface area contributed by atoms with Crippen LogP contribution in [0.4, 0.5) is 0 Å². The van der Waals surface area contributed by atoms with Crippen molar-refractivity contribution >= 4 is 0 Å². The van der Waals surface area contributed by atoms with Crippen LogP contribution >= 0.6 is 0 Å². The summed E-state index contributed by atoms with van der Waals surface area (Å²) in [5, 5.41) is 7.89. The van der Waals surface area contributed by atoms with E-state index in [1.54, 1.807) is 7.11 Å². The lowest BCUT2D eigenvalue weighted by molar-refractivity contribution is 0.199. The number of ether oxygens (including phenoxy) is 1. The third-order valence-electron chi connectivity index (χ3n) is 3.33. The lowest BCUT2D eigenvalue weighted by atomic mass is 10.2. The second kappa shape index (κ2) is 7.21. The maximum absolute atomic E-state index is 5.01. The zero-order valence-corrected chi connectivity index (χ0v) is 12.5. The van der Waals surface area contributed by atoms with Crippen molar-refractivity contribution < 1.29 is 4.74 Å². The minimum atomic E-state index is 0.729. The van der Waals surface area contributed by atoms with Crippen molar-refractivity contribution in [2.45, 2.75) is 26.4 Å². The molecule has 2 heterocycles. The zero-order chi connectivity index (χ0) is 14.4. The van der Waals surface area contributed by atoms with Gasteiger partial charge in [0, 0.05) is 64.4 Å². The summed E-state index contributed by atoms with van der Waals surface area (Å²) in [6.07, 6.45) is 6.79. The van der Waals surface area contributed by atoms with Gasteiger partial charge in [-0.25, -0.2) is 4.98 Å². The second-order valence-corrected chi connectivity index (χ2v) is 4.88. The van der Waals surface area contributed by atoms with E-state index in [2.05, 4.69) is 21.6 Å². The Morgan fingerprint density at radius 2 is 2.25 bits per heavy atom. The Bertz CT molecular complexity index is 531. The smallest absolute Gasteiger partial charge is 0.110 e. The van der Waals surface area contributed by atoms with E-state index in [-0.39, 0.29) is 0 Å². The molecule has 6 heteroatoms. The van der Waals surface area contributed by atoms with E-state index in [0.29, 0.717) is 0 Å². The van der Waals surface area contributed by atoms with E-state index >= 15 is 0 Å². The van der Waals surface area contributed by atoms with Crippen molar-refractivity contribution in [1.82, 2.24) is 24.6 Å². The number of aromatic nitrogens is 4. The van der Waals surface area contributed by atoms with Crippen LogP contribution in [0.5, 0.6) is 0 Å². The minimum Gasteiger partial charge on any atom is -0.383 e. The average molecular weight is 277 g/mol. The van der Waals surface area contributed by atoms with Gasteiger partial charge in [-0.05, 0) is 6.92 Å². The number of nitrogens with zero attached hydrogens (tertiary/aromatic N) is 4. The van der Waals surface area contributed by atoms with Gasteiger partial charge >= 0.3 is 0 Å². The number of aryl methyl sites for hydroxylation is 4. The molecule has 0 amide bonds. The second-order valence-electron chi connectivity index (χ2n) is 4.88. The van der Waals surface area contributed by atoms with Gasteiger partial charge in [0.2, 0.25) is 0 Å². The van der Waals surface area contributed by atoms with Gasteiger partial charge in [0.05, 0.1) is 12.3 Å². The van der Waals surface area contributed by atoms with E-state index in [0.717, 1.165) is 44.2 Å². The van der Waals surface area contributed by atoms with Crippen molar-refractivity contribution in [3.63, 3.8) is 0 Å². The van der Waals surface area contributed by atoms with Crippen LogP contribution in [-0.2, 0) is 31.3 Å². The molecule has 0 fully saturated rings.